The number of ether oxygens (including phenoxy) is 2. The predicted octanol–water partition coefficient (Wildman–Crippen LogP) is 3.48. The molecule has 4 nitrogen and oxygen atoms in total. The van der Waals surface area contributed by atoms with Crippen molar-refractivity contribution in [2.24, 2.45) is 0 Å². The van der Waals surface area contributed by atoms with E-state index >= 15 is 0 Å². The standard InChI is InChI=1S/C14H17NO3/c1-9(2)12-14(17-4)18-13(15-12)10-5-7-11(16-3)8-6-10/h5-9H,1-4H3. The molecule has 0 amide bonds. The number of hydrogen-bond donors (Lipinski definition) is 0. The van der Waals surface area contributed by atoms with Gasteiger partial charge in [-0.1, -0.05) is 13.8 Å². The summed E-state index contributed by atoms with van der Waals surface area (Å²) in [6, 6.07) is 7.57. The molecule has 4 heteroatoms. The van der Waals surface area contributed by atoms with Gasteiger partial charge in [-0.3, -0.25) is 0 Å². The zero-order valence-corrected chi connectivity index (χ0v) is 11.1. The highest BCUT2D eigenvalue weighted by Gasteiger charge is 2.17. The minimum Gasteiger partial charge on any atom is -0.497 e. The molecular weight excluding hydrogens is 230 g/mol. The van der Waals surface area contributed by atoms with Gasteiger partial charge in [0.1, 0.15) is 11.4 Å². The first-order chi connectivity index (χ1) is 8.65. The Balaban J connectivity index is 2.37. The van der Waals surface area contributed by atoms with E-state index in [-0.39, 0.29) is 5.92 Å². The third-order valence-corrected chi connectivity index (χ3v) is 2.69. The summed E-state index contributed by atoms with van der Waals surface area (Å²) < 4.78 is 15.9. The Hall–Kier alpha value is -1.97. The molecule has 0 aliphatic heterocycles. The van der Waals surface area contributed by atoms with E-state index in [1.165, 1.54) is 0 Å². The Morgan fingerprint density at radius 1 is 1.06 bits per heavy atom. The first kappa shape index (κ1) is 12.5. The molecule has 0 unspecified atom stereocenters. The first-order valence-electron chi connectivity index (χ1n) is 5.84. The van der Waals surface area contributed by atoms with Crippen molar-refractivity contribution in [2.75, 3.05) is 14.2 Å². The number of aromatic nitrogens is 1. The van der Waals surface area contributed by atoms with Crippen LogP contribution in [0.4, 0.5) is 0 Å². The predicted molar refractivity (Wildman–Crippen MR) is 69.1 cm³/mol. The molecule has 0 saturated heterocycles. The van der Waals surface area contributed by atoms with Crippen LogP contribution >= 0.6 is 0 Å². The van der Waals surface area contributed by atoms with E-state index in [0.29, 0.717) is 11.8 Å². The van der Waals surface area contributed by atoms with Gasteiger partial charge >= 0.3 is 5.95 Å². The highest BCUT2D eigenvalue weighted by Crippen LogP contribution is 2.32. The topological polar surface area (TPSA) is 44.5 Å². The normalized spacial score (nSPS) is 10.7. The summed E-state index contributed by atoms with van der Waals surface area (Å²) in [5, 5.41) is 0. The molecule has 0 spiro atoms. The monoisotopic (exact) mass is 247 g/mol. The molecule has 0 saturated carbocycles. The molecule has 1 heterocycles. The van der Waals surface area contributed by atoms with Crippen molar-refractivity contribution in [2.45, 2.75) is 19.8 Å². The molecular formula is C14H17NO3. The Bertz CT molecular complexity index is 514. The van der Waals surface area contributed by atoms with Crippen molar-refractivity contribution in [1.29, 1.82) is 0 Å². The van der Waals surface area contributed by atoms with Crippen molar-refractivity contribution >= 4 is 0 Å². The molecule has 0 N–H and O–H groups in total. The van der Waals surface area contributed by atoms with E-state index in [4.69, 9.17) is 13.9 Å². The van der Waals surface area contributed by atoms with Gasteiger partial charge in [0.05, 0.1) is 14.2 Å². The minimum absolute atomic E-state index is 0.260. The van der Waals surface area contributed by atoms with Crippen LogP contribution in [0.3, 0.4) is 0 Å². The zero-order valence-electron chi connectivity index (χ0n) is 11.1. The lowest BCUT2D eigenvalue weighted by molar-refractivity contribution is 0.303. The summed E-state index contributed by atoms with van der Waals surface area (Å²) in [4.78, 5) is 4.47. The summed E-state index contributed by atoms with van der Waals surface area (Å²) in [5.41, 5.74) is 1.74. The molecule has 0 atom stereocenters. The highest BCUT2D eigenvalue weighted by atomic mass is 16.6. The van der Waals surface area contributed by atoms with E-state index < -0.39 is 0 Å². The van der Waals surface area contributed by atoms with Crippen LogP contribution in [0.2, 0.25) is 0 Å². The smallest absolute Gasteiger partial charge is 0.308 e. The van der Waals surface area contributed by atoms with Crippen molar-refractivity contribution in [3.63, 3.8) is 0 Å². The van der Waals surface area contributed by atoms with Gasteiger partial charge in [-0.25, -0.2) is 4.98 Å². The minimum atomic E-state index is 0.260. The molecule has 2 rings (SSSR count). The van der Waals surface area contributed by atoms with Crippen LogP contribution in [0.5, 0.6) is 11.7 Å². The molecule has 0 fully saturated rings. The Morgan fingerprint density at radius 3 is 2.17 bits per heavy atom. The van der Waals surface area contributed by atoms with Crippen LogP contribution < -0.4 is 9.47 Å². The summed E-state index contributed by atoms with van der Waals surface area (Å²) in [5.74, 6) is 2.12. The molecule has 1 aromatic carbocycles. The number of rotatable bonds is 4. The van der Waals surface area contributed by atoms with Gasteiger partial charge in [-0.2, -0.15) is 0 Å². The number of hydrogen-bond acceptors (Lipinski definition) is 4. The molecule has 18 heavy (non-hydrogen) atoms. The van der Waals surface area contributed by atoms with Crippen LogP contribution in [0, 0.1) is 0 Å². The van der Waals surface area contributed by atoms with Gasteiger partial charge < -0.3 is 13.9 Å². The maximum atomic E-state index is 5.61. The molecule has 0 bridgehead atoms. The number of methoxy groups -OCH3 is 2. The number of nitrogens with zero attached hydrogens (tertiary/aromatic N) is 1. The third-order valence-electron chi connectivity index (χ3n) is 2.69. The summed E-state index contributed by atoms with van der Waals surface area (Å²) in [6.45, 7) is 4.11. The average molecular weight is 247 g/mol. The van der Waals surface area contributed by atoms with Crippen LogP contribution in [0.1, 0.15) is 25.5 Å². The fourth-order valence-electron chi connectivity index (χ4n) is 1.69. The maximum absolute atomic E-state index is 5.61. The molecule has 2 aromatic rings. The summed E-state index contributed by atoms with van der Waals surface area (Å²) in [7, 11) is 3.23. The van der Waals surface area contributed by atoms with Crippen molar-refractivity contribution in [1.82, 2.24) is 4.98 Å². The van der Waals surface area contributed by atoms with E-state index in [1.54, 1.807) is 14.2 Å². The van der Waals surface area contributed by atoms with Gasteiger partial charge in [-0.15, -0.1) is 0 Å². The van der Waals surface area contributed by atoms with Crippen molar-refractivity contribution in [3.8, 4) is 23.1 Å². The fourth-order valence-corrected chi connectivity index (χ4v) is 1.69. The first-order valence-corrected chi connectivity index (χ1v) is 5.84. The van der Waals surface area contributed by atoms with E-state index in [2.05, 4.69) is 18.8 Å². The quantitative estimate of drug-likeness (QED) is 0.829. The maximum Gasteiger partial charge on any atom is 0.308 e. The lowest BCUT2D eigenvalue weighted by Gasteiger charge is -1.99. The van der Waals surface area contributed by atoms with Crippen LogP contribution in [-0.4, -0.2) is 19.2 Å². The Labute approximate surface area is 107 Å². The molecule has 0 radical (unpaired) electrons. The SMILES string of the molecule is COc1ccc(-c2nc(C(C)C)c(OC)o2)cc1. The van der Waals surface area contributed by atoms with Gasteiger partial charge in [-0.05, 0) is 24.3 Å². The van der Waals surface area contributed by atoms with E-state index in [1.807, 2.05) is 24.3 Å². The average Bonchev–Trinajstić information content (AvgIpc) is 2.83. The second kappa shape index (κ2) is 5.12. The van der Waals surface area contributed by atoms with E-state index in [9.17, 15) is 0 Å². The lowest BCUT2D eigenvalue weighted by Crippen LogP contribution is -1.91. The van der Waals surface area contributed by atoms with Gasteiger partial charge in [0.25, 0.3) is 0 Å². The van der Waals surface area contributed by atoms with Gasteiger partial charge in [0.2, 0.25) is 5.89 Å². The molecule has 1 aromatic heterocycles. The van der Waals surface area contributed by atoms with Gasteiger partial charge in [0.15, 0.2) is 0 Å². The second-order valence-electron chi connectivity index (χ2n) is 4.28. The Morgan fingerprint density at radius 2 is 1.72 bits per heavy atom. The largest absolute Gasteiger partial charge is 0.497 e. The summed E-state index contributed by atoms with van der Waals surface area (Å²) >= 11 is 0. The van der Waals surface area contributed by atoms with Crippen molar-refractivity contribution in [3.05, 3.63) is 30.0 Å². The fraction of sp³-hybridized carbons (Fsp3) is 0.357. The summed E-state index contributed by atoms with van der Waals surface area (Å²) in [6.07, 6.45) is 0. The third kappa shape index (κ3) is 2.32. The van der Waals surface area contributed by atoms with Crippen molar-refractivity contribution < 1.29 is 13.9 Å². The van der Waals surface area contributed by atoms with E-state index in [0.717, 1.165) is 17.0 Å². The highest BCUT2D eigenvalue weighted by molar-refractivity contribution is 5.55. The number of benzene rings is 1. The zero-order chi connectivity index (χ0) is 13.1. The number of oxazole rings is 1. The second-order valence-corrected chi connectivity index (χ2v) is 4.28. The molecule has 0 aliphatic carbocycles. The van der Waals surface area contributed by atoms with Crippen LogP contribution in [0.15, 0.2) is 28.7 Å². The van der Waals surface area contributed by atoms with Crippen LogP contribution in [-0.2, 0) is 0 Å². The van der Waals surface area contributed by atoms with Crippen LogP contribution in [0.25, 0.3) is 11.5 Å². The lowest BCUT2D eigenvalue weighted by atomic mass is 10.1. The molecule has 0 aliphatic rings. The van der Waals surface area contributed by atoms with Gasteiger partial charge in [0, 0.05) is 11.5 Å². The molecule has 96 valence electrons. The Kier molecular flexibility index (Phi) is 3.55.